The summed E-state index contributed by atoms with van der Waals surface area (Å²) in [7, 11) is -3.68. The molecule has 0 radical (unpaired) electrons. The first-order valence-corrected chi connectivity index (χ1v) is 9.95. The van der Waals surface area contributed by atoms with Crippen molar-refractivity contribution < 1.29 is 12.6 Å². The quantitative estimate of drug-likeness (QED) is 0.468. The Labute approximate surface area is 149 Å². The summed E-state index contributed by atoms with van der Waals surface area (Å²) in [4.78, 5) is 0.218. The SMILES string of the molecule is CCn1cc(CCCOS(=O)(=O)c2cccc(C)c2)c2ccccc21. The molecule has 0 saturated carbocycles. The summed E-state index contributed by atoms with van der Waals surface area (Å²) in [5, 5.41) is 1.23. The van der Waals surface area contributed by atoms with Gasteiger partial charge in [0.2, 0.25) is 0 Å². The Morgan fingerprint density at radius 2 is 1.88 bits per heavy atom. The summed E-state index contributed by atoms with van der Waals surface area (Å²) < 4.78 is 31.9. The summed E-state index contributed by atoms with van der Waals surface area (Å²) in [6.45, 7) is 5.08. The molecule has 0 amide bonds. The van der Waals surface area contributed by atoms with Crippen molar-refractivity contribution in [2.45, 2.75) is 38.1 Å². The molecule has 0 aliphatic carbocycles. The lowest BCUT2D eigenvalue weighted by atomic mass is 10.1. The number of aryl methyl sites for hydroxylation is 3. The van der Waals surface area contributed by atoms with Crippen molar-refractivity contribution in [2.75, 3.05) is 6.61 Å². The summed E-state index contributed by atoms with van der Waals surface area (Å²) in [6, 6.07) is 15.1. The zero-order valence-corrected chi connectivity index (χ0v) is 15.4. The van der Waals surface area contributed by atoms with Crippen LogP contribution in [0.5, 0.6) is 0 Å². The third-order valence-corrected chi connectivity index (χ3v) is 5.63. The Bertz CT molecular complexity index is 974. The maximum Gasteiger partial charge on any atom is 0.296 e. The minimum Gasteiger partial charge on any atom is -0.347 e. The van der Waals surface area contributed by atoms with E-state index in [-0.39, 0.29) is 11.5 Å². The van der Waals surface area contributed by atoms with Crippen LogP contribution >= 0.6 is 0 Å². The molecule has 0 N–H and O–H groups in total. The van der Waals surface area contributed by atoms with E-state index in [1.165, 1.54) is 16.5 Å². The van der Waals surface area contributed by atoms with Crippen molar-refractivity contribution in [1.82, 2.24) is 4.57 Å². The van der Waals surface area contributed by atoms with Gasteiger partial charge in [-0.05, 0) is 56.0 Å². The first kappa shape index (κ1) is 17.7. The van der Waals surface area contributed by atoms with Gasteiger partial charge in [-0.15, -0.1) is 0 Å². The van der Waals surface area contributed by atoms with E-state index in [2.05, 4.69) is 29.8 Å². The molecule has 1 heterocycles. The summed E-state index contributed by atoms with van der Waals surface area (Å²) in [5.74, 6) is 0. The first-order chi connectivity index (χ1) is 12.0. The van der Waals surface area contributed by atoms with Gasteiger partial charge in [-0.3, -0.25) is 4.18 Å². The number of hydrogen-bond acceptors (Lipinski definition) is 3. The van der Waals surface area contributed by atoms with Crippen LogP contribution in [0.1, 0.15) is 24.5 Å². The fourth-order valence-corrected chi connectivity index (χ4v) is 4.10. The number of para-hydroxylation sites is 1. The van der Waals surface area contributed by atoms with Crippen LogP contribution in [0.25, 0.3) is 10.9 Å². The third kappa shape index (κ3) is 3.94. The second-order valence-corrected chi connectivity index (χ2v) is 7.77. The number of aromatic nitrogens is 1. The highest BCUT2D eigenvalue weighted by molar-refractivity contribution is 7.86. The Morgan fingerprint density at radius 1 is 1.08 bits per heavy atom. The normalized spacial score (nSPS) is 11.9. The van der Waals surface area contributed by atoms with Crippen LogP contribution in [0, 0.1) is 6.92 Å². The molecule has 0 unspecified atom stereocenters. The molecule has 3 aromatic rings. The van der Waals surface area contributed by atoms with Gasteiger partial charge in [0.25, 0.3) is 10.1 Å². The predicted molar refractivity (Wildman–Crippen MR) is 100 cm³/mol. The van der Waals surface area contributed by atoms with Crippen molar-refractivity contribution in [3.05, 3.63) is 65.9 Å². The highest BCUT2D eigenvalue weighted by Crippen LogP contribution is 2.23. The second kappa shape index (κ2) is 7.42. The molecule has 4 nitrogen and oxygen atoms in total. The van der Waals surface area contributed by atoms with Gasteiger partial charge in [0.1, 0.15) is 0 Å². The molecule has 0 saturated heterocycles. The van der Waals surface area contributed by atoms with Gasteiger partial charge in [-0.1, -0.05) is 30.3 Å². The summed E-state index contributed by atoms with van der Waals surface area (Å²) in [5.41, 5.74) is 3.35. The molecule has 132 valence electrons. The summed E-state index contributed by atoms with van der Waals surface area (Å²) >= 11 is 0. The molecule has 25 heavy (non-hydrogen) atoms. The van der Waals surface area contributed by atoms with Crippen LogP contribution in [-0.4, -0.2) is 19.6 Å². The Balaban J connectivity index is 1.64. The van der Waals surface area contributed by atoms with Gasteiger partial charge < -0.3 is 4.57 Å². The van der Waals surface area contributed by atoms with Crippen LogP contribution < -0.4 is 0 Å². The average Bonchev–Trinajstić information content (AvgIpc) is 2.97. The van der Waals surface area contributed by atoms with Crippen LogP contribution in [0.15, 0.2) is 59.6 Å². The molecule has 0 aliphatic rings. The second-order valence-electron chi connectivity index (χ2n) is 6.15. The largest absolute Gasteiger partial charge is 0.347 e. The van der Waals surface area contributed by atoms with Crippen LogP contribution in [0.2, 0.25) is 0 Å². The molecular weight excluding hydrogens is 334 g/mol. The lowest BCUT2D eigenvalue weighted by Gasteiger charge is -2.06. The number of fused-ring (bicyclic) bond motifs is 1. The van der Waals surface area contributed by atoms with E-state index in [0.29, 0.717) is 6.42 Å². The van der Waals surface area contributed by atoms with E-state index in [1.54, 1.807) is 18.2 Å². The number of nitrogens with zero attached hydrogens (tertiary/aromatic N) is 1. The first-order valence-electron chi connectivity index (χ1n) is 8.54. The number of hydrogen-bond donors (Lipinski definition) is 0. The van der Waals surface area contributed by atoms with Crippen molar-refractivity contribution in [3.8, 4) is 0 Å². The highest BCUT2D eigenvalue weighted by Gasteiger charge is 2.15. The van der Waals surface area contributed by atoms with E-state index in [0.717, 1.165) is 18.5 Å². The van der Waals surface area contributed by atoms with Crippen molar-refractivity contribution in [1.29, 1.82) is 0 Å². The van der Waals surface area contributed by atoms with E-state index < -0.39 is 10.1 Å². The molecule has 0 aliphatic heterocycles. The van der Waals surface area contributed by atoms with Gasteiger partial charge in [0.05, 0.1) is 11.5 Å². The van der Waals surface area contributed by atoms with Crippen molar-refractivity contribution in [2.24, 2.45) is 0 Å². The topological polar surface area (TPSA) is 48.3 Å². The fraction of sp³-hybridized carbons (Fsp3) is 0.300. The van der Waals surface area contributed by atoms with Crippen LogP contribution in [-0.2, 0) is 27.3 Å². The molecule has 5 heteroatoms. The minimum absolute atomic E-state index is 0.182. The van der Waals surface area contributed by atoms with Crippen molar-refractivity contribution in [3.63, 3.8) is 0 Å². The maximum atomic E-state index is 12.2. The van der Waals surface area contributed by atoms with E-state index >= 15 is 0 Å². The zero-order valence-electron chi connectivity index (χ0n) is 14.6. The van der Waals surface area contributed by atoms with E-state index in [9.17, 15) is 8.42 Å². The molecule has 0 spiro atoms. The van der Waals surface area contributed by atoms with Gasteiger partial charge in [-0.25, -0.2) is 0 Å². The van der Waals surface area contributed by atoms with Gasteiger partial charge in [-0.2, -0.15) is 8.42 Å². The van der Waals surface area contributed by atoms with E-state index in [1.807, 2.05) is 25.1 Å². The lowest BCUT2D eigenvalue weighted by Crippen LogP contribution is -2.08. The highest BCUT2D eigenvalue weighted by atomic mass is 32.2. The molecule has 0 bridgehead atoms. The summed E-state index contributed by atoms with van der Waals surface area (Å²) in [6.07, 6.45) is 3.60. The zero-order chi connectivity index (χ0) is 17.9. The monoisotopic (exact) mass is 357 g/mol. The molecule has 3 rings (SSSR count). The van der Waals surface area contributed by atoms with Gasteiger partial charge >= 0.3 is 0 Å². The number of rotatable bonds is 7. The van der Waals surface area contributed by atoms with Gasteiger partial charge in [0, 0.05) is 23.6 Å². The lowest BCUT2D eigenvalue weighted by molar-refractivity contribution is 0.312. The fourth-order valence-electron chi connectivity index (χ4n) is 3.05. The van der Waals surface area contributed by atoms with E-state index in [4.69, 9.17) is 4.18 Å². The molecule has 1 aromatic heterocycles. The Kier molecular flexibility index (Phi) is 5.25. The van der Waals surface area contributed by atoms with Crippen LogP contribution in [0.4, 0.5) is 0 Å². The third-order valence-electron chi connectivity index (χ3n) is 4.32. The Morgan fingerprint density at radius 3 is 2.64 bits per heavy atom. The predicted octanol–water partition coefficient (Wildman–Crippen LogP) is 4.31. The Hall–Kier alpha value is -2.11. The molecule has 2 aromatic carbocycles. The van der Waals surface area contributed by atoms with Crippen LogP contribution in [0.3, 0.4) is 0 Å². The standard InChI is InChI=1S/C20H23NO3S/c1-3-21-15-17(19-11-4-5-12-20(19)21)9-7-13-24-25(22,23)18-10-6-8-16(2)14-18/h4-6,8,10-12,14-15H,3,7,9,13H2,1-2H3. The smallest absolute Gasteiger partial charge is 0.296 e. The van der Waals surface area contributed by atoms with Crippen molar-refractivity contribution >= 4 is 21.0 Å². The molecule has 0 fully saturated rings. The molecule has 0 atom stereocenters. The average molecular weight is 357 g/mol. The number of benzene rings is 2. The molecular formula is C20H23NO3S. The minimum atomic E-state index is -3.68. The maximum absolute atomic E-state index is 12.2. The van der Waals surface area contributed by atoms with Gasteiger partial charge in [0.15, 0.2) is 0 Å².